The van der Waals surface area contributed by atoms with Crippen molar-refractivity contribution in [2.24, 2.45) is 0 Å². The number of halogens is 2. The molecule has 4 rings (SSSR count). The highest BCUT2D eigenvalue weighted by Crippen LogP contribution is 2.36. The minimum absolute atomic E-state index is 0.0459. The highest BCUT2D eigenvalue weighted by molar-refractivity contribution is 6.31. The van der Waals surface area contributed by atoms with Gasteiger partial charge in [-0.25, -0.2) is 9.18 Å². The molecule has 1 aromatic heterocycles. The predicted molar refractivity (Wildman–Crippen MR) is 108 cm³/mol. The number of rotatable bonds is 4. The van der Waals surface area contributed by atoms with Gasteiger partial charge in [0.1, 0.15) is 5.82 Å². The molecule has 0 bridgehead atoms. The number of pyridine rings is 1. The zero-order valence-corrected chi connectivity index (χ0v) is 16.0. The first-order chi connectivity index (χ1) is 13.5. The average Bonchev–Trinajstić information content (AvgIpc) is 3.50. The molecule has 144 valence electrons. The van der Waals surface area contributed by atoms with Gasteiger partial charge in [0, 0.05) is 23.3 Å². The Labute approximate surface area is 166 Å². The number of H-pyrrole nitrogens is 1. The summed E-state index contributed by atoms with van der Waals surface area (Å²) in [6.45, 7) is 1.94. The molecule has 0 radical (unpaired) electrons. The summed E-state index contributed by atoms with van der Waals surface area (Å²) < 4.78 is 13.4. The van der Waals surface area contributed by atoms with Crippen LogP contribution in [-0.2, 0) is 0 Å². The van der Waals surface area contributed by atoms with E-state index < -0.39 is 5.82 Å². The molecular formula is C21H19ClFN3O2. The van der Waals surface area contributed by atoms with E-state index in [9.17, 15) is 14.0 Å². The first kappa shape index (κ1) is 18.5. The summed E-state index contributed by atoms with van der Waals surface area (Å²) >= 11 is 5.82. The lowest BCUT2D eigenvalue weighted by atomic mass is 10.0. The van der Waals surface area contributed by atoms with Crippen LogP contribution in [-0.4, -0.2) is 22.0 Å². The summed E-state index contributed by atoms with van der Waals surface area (Å²) in [5, 5.41) is 4.17. The number of nitrogens with zero attached hydrogens (tertiary/aromatic N) is 1. The number of benzene rings is 2. The normalized spacial score (nSPS) is 14.7. The number of aromatic amines is 1. The SMILES string of the molecule is C[C@@H](c1c[nH]c(=O)c2ccccc12)N(C(=O)Nc1ccc(F)c(Cl)c1)C1CC1. The molecule has 0 saturated heterocycles. The zero-order chi connectivity index (χ0) is 19.8. The van der Waals surface area contributed by atoms with Crippen LogP contribution in [0.3, 0.4) is 0 Å². The maximum absolute atomic E-state index is 13.4. The summed E-state index contributed by atoms with van der Waals surface area (Å²) in [5.41, 5.74) is 1.14. The Hall–Kier alpha value is -2.86. The van der Waals surface area contributed by atoms with Crippen molar-refractivity contribution in [3.8, 4) is 0 Å². The molecule has 1 aliphatic rings. The fourth-order valence-corrected chi connectivity index (χ4v) is 3.68. The second-order valence-electron chi connectivity index (χ2n) is 6.99. The number of anilines is 1. The van der Waals surface area contributed by atoms with Gasteiger partial charge in [0.2, 0.25) is 0 Å². The predicted octanol–water partition coefficient (Wildman–Crippen LogP) is 5.08. The number of aromatic nitrogens is 1. The third-order valence-electron chi connectivity index (χ3n) is 5.05. The molecule has 1 saturated carbocycles. The van der Waals surface area contributed by atoms with E-state index in [1.54, 1.807) is 17.2 Å². The average molecular weight is 400 g/mol. The van der Waals surface area contributed by atoms with Crippen molar-refractivity contribution in [1.29, 1.82) is 0 Å². The van der Waals surface area contributed by atoms with E-state index in [4.69, 9.17) is 11.6 Å². The van der Waals surface area contributed by atoms with Gasteiger partial charge in [-0.05, 0) is 55.0 Å². The van der Waals surface area contributed by atoms with E-state index in [1.165, 1.54) is 18.2 Å². The molecule has 0 aliphatic heterocycles. The Morgan fingerprint density at radius 3 is 2.64 bits per heavy atom. The minimum Gasteiger partial charge on any atom is -0.328 e. The summed E-state index contributed by atoms with van der Waals surface area (Å²) in [4.78, 5) is 29.7. The monoisotopic (exact) mass is 399 g/mol. The van der Waals surface area contributed by atoms with Gasteiger partial charge in [0.15, 0.2) is 0 Å². The van der Waals surface area contributed by atoms with E-state index in [1.807, 2.05) is 25.1 Å². The number of fused-ring (bicyclic) bond motifs is 1. The Bertz CT molecular complexity index is 1110. The lowest BCUT2D eigenvalue weighted by Crippen LogP contribution is -2.39. The first-order valence-electron chi connectivity index (χ1n) is 9.10. The van der Waals surface area contributed by atoms with Crippen molar-refractivity contribution >= 4 is 34.1 Å². The lowest BCUT2D eigenvalue weighted by molar-refractivity contribution is 0.189. The van der Waals surface area contributed by atoms with Crippen molar-refractivity contribution in [2.45, 2.75) is 31.8 Å². The fraction of sp³-hybridized carbons (Fsp3) is 0.238. The molecule has 28 heavy (non-hydrogen) atoms. The summed E-state index contributed by atoms with van der Waals surface area (Å²) in [5.74, 6) is -0.535. The van der Waals surface area contributed by atoms with Crippen LogP contribution in [0.2, 0.25) is 5.02 Å². The van der Waals surface area contributed by atoms with Gasteiger partial charge in [0.05, 0.1) is 11.1 Å². The number of carbonyl (C=O) groups is 1. The van der Waals surface area contributed by atoms with Crippen LogP contribution < -0.4 is 10.9 Å². The standard InChI is InChI=1S/C21H19ClFN3O2/c1-12(17-11-24-20(27)16-5-3-2-4-15(16)17)26(14-7-8-14)21(28)25-13-6-9-19(23)18(22)10-13/h2-6,9-12,14H,7-8H2,1H3,(H,24,27)(H,25,28)/t12-/m0/s1. The number of amides is 2. The molecule has 1 aliphatic carbocycles. The van der Waals surface area contributed by atoms with Gasteiger partial charge >= 0.3 is 6.03 Å². The fourth-order valence-electron chi connectivity index (χ4n) is 3.50. The molecule has 7 heteroatoms. The Morgan fingerprint density at radius 2 is 1.96 bits per heavy atom. The third kappa shape index (κ3) is 3.47. The Kier molecular flexibility index (Phi) is 4.81. The molecule has 0 unspecified atom stereocenters. The molecule has 3 aromatic rings. The van der Waals surface area contributed by atoms with E-state index in [0.717, 1.165) is 23.8 Å². The molecule has 1 atom stereocenters. The van der Waals surface area contributed by atoms with Crippen molar-refractivity contribution < 1.29 is 9.18 Å². The first-order valence-corrected chi connectivity index (χ1v) is 9.48. The van der Waals surface area contributed by atoms with E-state index >= 15 is 0 Å². The largest absolute Gasteiger partial charge is 0.328 e. The molecule has 1 heterocycles. The van der Waals surface area contributed by atoms with Crippen molar-refractivity contribution in [3.05, 3.63) is 75.4 Å². The van der Waals surface area contributed by atoms with Crippen LogP contribution in [0.1, 0.15) is 31.4 Å². The number of nitrogens with one attached hydrogen (secondary N) is 2. The second-order valence-corrected chi connectivity index (χ2v) is 7.40. The van der Waals surface area contributed by atoms with Crippen LogP contribution in [0.4, 0.5) is 14.9 Å². The maximum Gasteiger partial charge on any atom is 0.322 e. The summed E-state index contributed by atoms with van der Waals surface area (Å²) in [6, 6.07) is 11.0. The molecule has 2 N–H and O–H groups in total. The van der Waals surface area contributed by atoms with E-state index in [0.29, 0.717) is 11.1 Å². The molecule has 5 nitrogen and oxygen atoms in total. The van der Waals surface area contributed by atoms with Gasteiger partial charge in [-0.2, -0.15) is 0 Å². The molecular weight excluding hydrogens is 381 g/mol. The van der Waals surface area contributed by atoms with Crippen molar-refractivity contribution in [3.63, 3.8) is 0 Å². The van der Waals surface area contributed by atoms with Gasteiger partial charge in [0.25, 0.3) is 5.56 Å². The van der Waals surface area contributed by atoms with Crippen molar-refractivity contribution in [1.82, 2.24) is 9.88 Å². The highest BCUT2D eigenvalue weighted by atomic mass is 35.5. The van der Waals surface area contributed by atoms with Crippen LogP contribution in [0, 0.1) is 5.82 Å². The van der Waals surface area contributed by atoms with Crippen LogP contribution in [0.25, 0.3) is 10.8 Å². The third-order valence-corrected chi connectivity index (χ3v) is 5.34. The Balaban J connectivity index is 1.66. The van der Waals surface area contributed by atoms with Gasteiger partial charge in [-0.1, -0.05) is 29.8 Å². The van der Waals surface area contributed by atoms with Gasteiger partial charge in [-0.3, -0.25) is 4.79 Å². The molecule has 0 spiro atoms. The smallest absolute Gasteiger partial charge is 0.322 e. The molecule has 2 amide bonds. The zero-order valence-electron chi connectivity index (χ0n) is 15.2. The number of urea groups is 1. The topological polar surface area (TPSA) is 65.2 Å². The molecule has 2 aromatic carbocycles. The number of carbonyl (C=O) groups excluding carboxylic acids is 1. The minimum atomic E-state index is -0.535. The van der Waals surface area contributed by atoms with Crippen molar-refractivity contribution in [2.75, 3.05) is 5.32 Å². The number of hydrogen-bond acceptors (Lipinski definition) is 2. The highest BCUT2D eigenvalue weighted by Gasteiger charge is 2.37. The lowest BCUT2D eigenvalue weighted by Gasteiger charge is -2.30. The van der Waals surface area contributed by atoms with Crippen LogP contribution >= 0.6 is 11.6 Å². The summed E-state index contributed by atoms with van der Waals surface area (Å²) in [6.07, 6.45) is 3.51. The van der Waals surface area contributed by atoms with Gasteiger partial charge in [-0.15, -0.1) is 0 Å². The Morgan fingerprint density at radius 1 is 1.25 bits per heavy atom. The van der Waals surface area contributed by atoms with E-state index in [-0.39, 0.29) is 28.7 Å². The quantitative estimate of drug-likeness (QED) is 0.642. The molecule has 1 fully saturated rings. The summed E-state index contributed by atoms with van der Waals surface area (Å²) in [7, 11) is 0. The van der Waals surface area contributed by atoms with Crippen LogP contribution in [0.5, 0.6) is 0 Å². The maximum atomic E-state index is 13.4. The number of hydrogen-bond donors (Lipinski definition) is 2. The second kappa shape index (κ2) is 7.28. The van der Waals surface area contributed by atoms with Gasteiger partial charge < -0.3 is 15.2 Å². The van der Waals surface area contributed by atoms with Crippen LogP contribution in [0.15, 0.2) is 53.5 Å². The van der Waals surface area contributed by atoms with E-state index in [2.05, 4.69) is 10.3 Å².